The highest BCUT2D eigenvalue weighted by Crippen LogP contribution is 2.23. The summed E-state index contributed by atoms with van der Waals surface area (Å²) in [6.45, 7) is 14.0. The van der Waals surface area contributed by atoms with Crippen LogP contribution in [0.25, 0.3) is 16.7 Å². The van der Waals surface area contributed by atoms with Crippen LogP contribution >= 0.6 is 0 Å². The standard InChI is InChI=1S/C19H18.C3H8.C2H6.CH4/c1-3-8-16(9-4-2)18-12-14-19(15-13-18)17-10-6-5-7-11-17;1-3-2;1-2;/h3-15H,1H2,2H3;3H2,1-2H3;1-2H3;1H4/b9-4-,16-8+;;;. The second-order valence-electron chi connectivity index (χ2n) is 5.01. The van der Waals surface area contributed by atoms with Crippen LogP contribution < -0.4 is 0 Å². The van der Waals surface area contributed by atoms with Crippen molar-refractivity contribution in [3.8, 4) is 11.1 Å². The van der Waals surface area contributed by atoms with Crippen LogP contribution in [0.1, 0.15) is 54.0 Å². The Bertz CT molecular complexity index is 598. The third-order valence-electron chi connectivity index (χ3n) is 2.97. The second kappa shape index (κ2) is 16.5. The van der Waals surface area contributed by atoms with Gasteiger partial charge in [0.05, 0.1) is 0 Å². The summed E-state index contributed by atoms with van der Waals surface area (Å²) in [6.07, 6.45) is 9.23. The number of hydrogen-bond donors (Lipinski definition) is 0. The molecule has 0 amide bonds. The van der Waals surface area contributed by atoms with Crippen LogP contribution in [0.15, 0.2) is 85.5 Å². The zero-order valence-corrected chi connectivity index (χ0v) is 15.9. The minimum Gasteiger partial charge on any atom is -0.0990 e. The molecule has 0 aromatic heterocycles. The Labute approximate surface area is 156 Å². The summed E-state index contributed by atoms with van der Waals surface area (Å²) >= 11 is 0. The van der Waals surface area contributed by atoms with Crippen molar-refractivity contribution in [1.29, 1.82) is 0 Å². The fraction of sp³-hybridized carbons (Fsp3) is 0.280. The van der Waals surface area contributed by atoms with Gasteiger partial charge < -0.3 is 0 Å². The van der Waals surface area contributed by atoms with Gasteiger partial charge in [0.2, 0.25) is 0 Å². The molecule has 0 fully saturated rings. The lowest BCUT2D eigenvalue weighted by atomic mass is 10.00. The smallest absolute Gasteiger partial charge is 0.0184 e. The van der Waals surface area contributed by atoms with Crippen LogP contribution in [0.4, 0.5) is 0 Å². The van der Waals surface area contributed by atoms with E-state index in [1.165, 1.54) is 28.7 Å². The zero-order chi connectivity index (χ0) is 18.2. The Kier molecular flexibility index (Phi) is 16.5. The summed E-state index contributed by atoms with van der Waals surface area (Å²) < 4.78 is 0. The van der Waals surface area contributed by atoms with Gasteiger partial charge in [-0.25, -0.2) is 0 Å². The van der Waals surface area contributed by atoms with Gasteiger partial charge in [-0.1, -0.05) is 127 Å². The maximum absolute atomic E-state index is 3.76. The van der Waals surface area contributed by atoms with Crippen molar-refractivity contribution < 1.29 is 0 Å². The Morgan fingerprint density at radius 1 is 0.880 bits per heavy atom. The van der Waals surface area contributed by atoms with E-state index in [1.54, 1.807) is 0 Å². The van der Waals surface area contributed by atoms with Gasteiger partial charge in [-0.05, 0) is 29.2 Å². The average Bonchev–Trinajstić information content (AvgIpc) is 2.65. The third-order valence-corrected chi connectivity index (χ3v) is 2.97. The highest BCUT2D eigenvalue weighted by molar-refractivity contribution is 5.77. The predicted molar refractivity (Wildman–Crippen MR) is 119 cm³/mol. The lowest BCUT2D eigenvalue weighted by Gasteiger charge is -2.05. The molecule has 0 saturated carbocycles. The van der Waals surface area contributed by atoms with Crippen molar-refractivity contribution in [1.82, 2.24) is 0 Å². The third kappa shape index (κ3) is 9.52. The number of benzene rings is 2. The van der Waals surface area contributed by atoms with E-state index in [2.05, 4.69) is 75.0 Å². The van der Waals surface area contributed by atoms with E-state index < -0.39 is 0 Å². The first-order chi connectivity index (χ1) is 11.8. The number of rotatable bonds is 4. The Balaban J connectivity index is 0. The van der Waals surface area contributed by atoms with Crippen LogP contribution in [0, 0.1) is 0 Å². The lowest BCUT2D eigenvalue weighted by molar-refractivity contribution is 1.09. The van der Waals surface area contributed by atoms with Gasteiger partial charge in [0.1, 0.15) is 0 Å². The summed E-state index contributed by atoms with van der Waals surface area (Å²) in [5, 5.41) is 0. The Morgan fingerprint density at radius 2 is 1.36 bits per heavy atom. The molecule has 2 aromatic carbocycles. The van der Waals surface area contributed by atoms with Gasteiger partial charge in [0.15, 0.2) is 0 Å². The molecule has 0 unspecified atom stereocenters. The summed E-state index contributed by atoms with van der Waals surface area (Å²) in [6, 6.07) is 19.0. The minimum absolute atomic E-state index is 0. The van der Waals surface area contributed by atoms with Crippen LogP contribution in [0.5, 0.6) is 0 Å². The van der Waals surface area contributed by atoms with Crippen LogP contribution in [-0.4, -0.2) is 0 Å². The normalized spacial score (nSPS) is 9.88. The summed E-state index contributed by atoms with van der Waals surface area (Å²) in [7, 11) is 0. The van der Waals surface area contributed by atoms with Crippen molar-refractivity contribution in [3.05, 3.63) is 91.0 Å². The molecule has 0 atom stereocenters. The van der Waals surface area contributed by atoms with Crippen LogP contribution in [0.2, 0.25) is 0 Å². The van der Waals surface area contributed by atoms with Crippen LogP contribution in [-0.2, 0) is 0 Å². The fourth-order valence-corrected chi connectivity index (χ4v) is 2.04. The molecular weight excluding hydrogens is 300 g/mol. The van der Waals surface area contributed by atoms with Crippen molar-refractivity contribution in [2.45, 2.75) is 48.5 Å². The SMILES string of the molecule is C.C=C/C=C(\C=C/C)c1ccc(-c2ccccc2)cc1.CC.CCC. The van der Waals surface area contributed by atoms with Gasteiger partial charge in [-0.15, -0.1) is 0 Å². The summed E-state index contributed by atoms with van der Waals surface area (Å²) in [5.41, 5.74) is 4.87. The second-order valence-corrected chi connectivity index (χ2v) is 5.01. The van der Waals surface area contributed by atoms with E-state index in [4.69, 9.17) is 0 Å². The molecule has 25 heavy (non-hydrogen) atoms. The molecule has 0 heteroatoms. The molecule has 2 rings (SSSR count). The van der Waals surface area contributed by atoms with Gasteiger partial charge in [-0.2, -0.15) is 0 Å². The molecule has 0 spiro atoms. The fourth-order valence-electron chi connectivity index (χ4n) is 2.04. The quantitative estimate of drug-likeness (QED) is 0.490. The average molecular weight is 337 g/mol. The number of allylic oxidation sites excluding steroid dienone is 5. The predicted octanol–water partition coefficient (Wildman–Crippen LogP) is 8.58. The van der Waals surface area contributed by atoms with Gasteiger partial charge >= 0.3 is 0 Å². The van der Waals surface area contributed by atoms with Gasteiger partial charge in [0, 0.05) is 0 Å². The van der Waals surface area contributed by atoms with E-state index >= 15 is 0 Å². The highest BCUT2D eigenvalue weighted by Gasteiger charge is 1.99. The molecule has 0 saturated heterocycles. The minimum atomic E-state index is 0. The van der Waals surface area contributed by atoms with Crippen molar-refractivity contribution in [3.63, 3.8) is 0 Å². The van der Waals surface area contributed by atoms with Crippen LogP contribution in [0.3, 0.4) is 0 Å². The van der Waals surface area contributed by atoms with Crippen molar-refractivity contribution >= 4 is 5.57 Å². The van der Waals surface area contributed by atoms with E-state index in [0.717, 1.165) is 0 Å². The monoisotopic (exact) mass is 336 g/mol. The Hall–Kier alpha value is -2.34. The molecule has 0 aliphatic heterocycles. The van der Waals surface area contributed by atoms with E-state index in [0.29, 0.717) is 0 Å². The largest absolute Gasteiger partial charge is 0.0990 e. The molecule has 0 bridgehead atoms. The molecule has 2 aromatic rings. The molecule has 0 nitrogen and oxygen atoms in total. The van der Waals surface area contributed by atoms with Crippen molar-refractivity contribution in [2.75, 3.05) is 0 Å². The zero-order valence-electron chi connectivity index (χ0n) is 15.9. The first-order valence-corrected chi connectivity index (χ1v) is 8.88. The van der Waals surface area contributed by atoms with Gasteiger partial charge in [0.25, 0.3) is 0 Å². The van der Waals surface area contributed by atoms with Crippen molar-refractivity contribution in [2.24, 2.45) is 0 Å². The highest BCUT2D eigenvalue weighted by atomic mass is 14.0. The molecule has 0 aliphatic rings. The first-order valence-electron chi connectivity index (χ1n) is 8.88. The van der Waals surface area contributed by atoms with Gasteiger partial charge in [-0.3, -0.25) is 0 Å². The molecule has 0 radical (unpaired) electrons. The molecular formula is C25H36. The summed E-state index contributed by atoms with van der Waals surface area (Å²) in [4.78, 5) is 0. The molecule has 0 aliphatic carbocycles. The summed E-state index contributed by atoms with van der Waals surface area (Å²) in [5.74, 6) is 0. The first kappa shape index (κ1) is 24.9. The molecule has 0 heterocycles. The lowest BCUT2D eigenvalue weighted by Crippen LogP contribution is -1.82. The molecule has 0 N–H and O–H groups in total. The Morgan fingerprint density at radius 3 is 1.80 bits per heavy atom. The maximum Gasteiger partial charge on any atom is -0.0184 e. The van der Waals surface area contributed by atoms with E-state index in [-0.39, 0.29) is 7.43 Å². The molecule has 136 valence electrons. The van der Waals surface area contributed by atoms with E-state index in [1.807, 2.05) is 45.1 Å². The topological polar surface area (TPSA) is 0 Å². The number of hydrogen-bond acceptors (Lipinski definition) is 0. The van der Waals surface area contributed by atoms with E-state index in [9.17, 15) is 0 Å². The maximum atomic E-state index is 3.76.